The van der Waals surface area contributed by atoms with Crippen LogP contribution in [0.1, 0.15) is 25.7 Å². The van der Waals surface area contributed by atoms with E-state index in [4.69, 9.17) is 14.5 Å². The minimum atomic E-state index is -0.434. The number of hydrogen-bond acceptors (Lipinski definition) is 8. The molecular weight excluding hydrogens is 435 g/mol. The van der Waals surface area contributed by atoms with Crippen LogP contribution in [0.15, 0.2) is 30.5 Å². The molecule has 2 saturated heterocycles. The second-order valence-electron chi connectivity index (χ2n) is 8.54. The van der Waals surface area contributed by atoms with Gasteiger partial charge in [-0.2, -0.15) is 0 Å². The van der Waals surface area contributed by atoms with Crippen molar-refractivity contribution in [2.24, 2.45) is 0 Å². The number of benzene rings is 1. The third kappa shape index (κ3) is 5.53. The van der Waals surface area contributed by atoms with Gasteiger partial charge in [0.1, 0.15) is 5.52 Å². The van der Waals surface area contributed by atoms with Crippen LogP contribution in [-0.4, -0.2) is 73.4 Å². The number of likely N-dealkylation sites (N-methyl/N-ethyl adjacent to an activating group) is 1. The van der Waals surface area contributed by atoms with E-state index in [1.807, 2.05) is 0 Å². The molecule has 182 valence electrons. The molecule has 2 aliphatic heterocycles. The quantitative estimate of drug-likeness (QED) is 0.557. The minimum Gasteiger partial charge on any atom is -0.494 e. The lowest BCUT2D eigenvalue weighted by atomic mass is 10.1. The molecule has 9 heteroatoms. The van der Waals surface area contributed by atoms with Gasteiger partial charge in [-0.15, -0.1) is 0 Å². The van der Waals surface area contributed by atoms with Crippen LogP contribution in [0.4, 0.5) is 16.2 Å². The number of methoxy groups -OCH3 is 1. The van der Waals surface area contributed by atoms with Crippen LogP contribution < -0.4 is 15.4 Å². The van der Waals surface area contributed by atoms with Crippen LogP contribution in [0.5, 0.6) is 5.75 Å². The molecule has 0 aliphatic carbocycles. The topological polar surface area (TPSA) is 84.4 Å². The molecule has 0 saturated carbocycles. The van der Waals surface area contributed by atoms with E-state index in [-0.39, 0.29) is 5.75 Å². The average molecular weight is 469 g/mol. The lowest BCUT2D eigenvalue weighted by Gasteiger charge is -2.20. The summed E-state index contributed by atoms with van der Waals surface area (Å²) in [4.78, 5) is 15.9. The average Bonchev–Trinajstić information content (AvgIpc) is 3.57. The molecule has 3 aromatic rings. The molecule has 2 aliphatic rings. The first-order valence-corrected chi connectivity index (χ1v) is 11.8. The second-order valence-corrected chi connectivity index (χ2v) is 8.54. The molecule has 1 aromatic carbocycles. The fourth-order valence-corrected chi connectivity index (χ4v) is 4.25. The Morgan fingerprint density at radius 2 is 2.03 bits per heavy atom. The monoisotopic (exact) mass is 468 g/mol. The van der Waals surface area contributed by atoms with E-state index in [9.17, 15) is 4.39 Å². The smallest absolute Gasteiger partial charge is 0.223 e. The van der Waals surface area contributed by atoms with Crippen molar-refractivity contribution in [1.29, 1.82) is 0 Å². The Bertz CT molecular complexity index is 1100. The Labute approximate surface area is 199 Å². The first-order chi connectivity index (χ1) is 16.6. The molecule has 2 aromatic heterocycles. The molecule has 0 radical (unpaired) electrons. The van der Waals surface area contributed by atoms with Crippen LogP contribution in [0.3, 0.4) is 0 Å². The van der Waals surface area contributed by atoms with Crippen molar-refractivity contribution in [1.82, 2.24) is 19.9 Å². The maximum atomic E-state index is 14.9. The number of ether oxygens (including phenoxy) is 2. The highest BCUT2D eigenvalue weighted by molar-refractivity contribution is 5.91. The van der Waals surface area contributed by atoms with Crippen molar-refractivity contribution in [3.63, 3.8) is 0 Å². The van der Waals surface area contributed by atoms with E-state index in [2.05, 4.69) is 32.5 Å². The highest BCUT2D eigenvalue weighted by Crippen LogP contribution is 2.32. The molecule has 0 spiro atoms. The highest BCUT2D eigenvalue weighted by atomic mass is 19.1. The maximum Gasteiger partial charge on any atom is 0.223 e. The Hall–Kier alpha value is -3.04. The van der Waals surface area contributed by atoms with Crippen LogP contribution in [0.2, 0.25) is 0 Å². The first-order valence-electron chi connectivity index (χ1n) is 11.8. The number of likely N-dealkylation sites (tertiary alicyclic amines) is 1. The lowest BCUT2D eigenvalue weighted by Crippen LogP contribution is -2.31. The zero-order valence-corrected chi connectivity index (χ0v) is 20.1. The van der Waals surface area contributed by atoms with Gasteiger partial charge in [0.25, 0.3) is 0 Å². The van der Waals surface area contributed by atoms with Crippen LogP contribution in [0.25, 0.3) is 22.2 Å². The Balaban J connectivity index is 0.000000486. The van der Waals surface area contributed by atoms with Crippen LogP contribution >= 0.6 is 0 Å². The number of nitrogens with zero attached hydrogens (tertiary/aromatic N) is 4. The van der Waals surface area contributed by atoms with Gasteiger partial charge in [-0.3, -0.25) is 0 Å². The Morgan fingerprint density at radius 3 is 2.68 bits per heavy atom. The summed E-state index contributed by atoms with van der Waals surface area (Å²) in [5, 5.41) is 7.19. The molecule has 2 N–H and O–H groups in total. The molecule has 1 atom stereocenters. The Morgan fingerprint density at radius 1 is 1.21 bits per heavy atom. The zero-order chi connectivity index (χ0) is 23.9. The van der Waals surface area contributed by atoms with Crippen LogP contribution in [-0.2, 0) is 4.74 Å². The van der Waals surface area contributed by atoms with Gasteiger partial charge in [-0.25, -0.2) is 19.3 Å². The fourth-order valence-electron chi connectivity index (χ4n) is 4.25. The predicted molar refractivity (Wildman–Crippen MR) is 133 cm³/mol. The number of fused-ring (bicyclic) bond motifs is 1. The molecule has 1 unspecified atom stereocenters. The largest absolute Gasteiger partial charge is 0.494 e. The van der Waals surface area contributed by atoms with Crippen molar-refractivity contribution in [2.45, 2.75) is 31.7 Å². The van der Waals surface area contributed by atoms with E-state index in [1.54, 1.807) is 37.5 Å². The molecule has 5 rings (SSSR count). The third-order valence-electron chi connectivity index (χ3n) is 6.25. The summed E-state index contributed by atoms with van der Waals surface area (Å²) in [6, 6.07) is 7.29. The van der Waals surface area contributed by atoms with Gasteiger partial charge in [0, 0.05) is 50.0 Å². The second kappa shape index (κ2) is 11.4. The predicted octanol–water partition coefficient (Wildman–Crippen LogP) is 4.18. The molecule has 34 heavy (non-hydrogen) atoms. The van der Waals surface area contributed by atoms with Crippen molar-refractivity contribution in [2.75, 3.05) is 58.1 Å². The molecule has 2 fully saturated rings. The number of anilines is 2. The van der Waals surface area contributed by atoms with E-state index >= 15 is 0 Å². The van der Waals surface area contributed by atoms with Gasteiger partial charge in [-0.05, 0) is 57.5 Å². The maximum absolute atomic E-state index is 14.9. The molecular formula is C25H33FN6O2. The first kappa shape index (κ1) is 24.1. The molecule has 8 nitrogen and oxygen atoms in total. The number of pyridine rings is 1. The third-order valence-corrected chi connectivity index (χ3v) is 6.25. The van der Waals surface area contributed by atoms with Gasteiger partial charge < -0.3 is 25.0 Å². The Kier molecular flexibility index (Phi) is 8.08. The standard InChI is InChI=1S/C21H25FN6O.C4H8O/c1-23-21-25-11-13-10-16(15-7-4-8-17(29-3)18(15)22)26-20(19(13)27-21)24-12-14-6-5-9-28(14)2;1-2-4-5-3-1/h4,7-8,10-11,14H,5-6,9,12H2,1-3H3,(H,24,26)(H,23,25,27);1-4H2. The van der Waals surface area contributed by atoms with Gasteiger partial charge in [-0.1, -0.05) is 6.07 Å². The number of halogens is 1. The molecule has 4 heterocycles. The summed E-state index contributed by atoms with van der Waals surface area (Å²) < 4.78 is 24.9. The normalized spacial score (nSPS) is 17.9. The zero-order valence-electron chi connectivity index (χ0n) is 20.1. The molecule has 0 amide bonds. The molecule has 0 bridgehead atoms. The number of hydrogen-bond donors (Lipinski definition) is 2. The van der Waals surface area contributed by atoms with Crippen molar-refractivity contribution < 1.29 is 13.9 Å². The number of rotatable bonds is 6. The van der Waals surface area contributed by atoms with Crippen molar-refractivity contribution >= 4 is 22.7 Å². The minimum absolute atomic E-state index is 0.188. The van der Waals surface area contributed by atoms with E-state index in [1.165, 1.54) is 26.4 Å². The summed E-state index contributed by atoms with van der Waals surface area (Å²) in [7, 11) is 5.36. The summed E-state index contributed by atoms with van der Waals surface area (Å²) in [6.07, 6.45) is 6.62. The SMILES string of the molecule is C1CCOC1.CNc1ncc2cc(-c3cccc(OC)c3F)nc(NCC3CCCN3C)c2n1. The van der Waals surface area contributed by atoms with Gasteiger partial charge in [0.05, 0.1) is 12.8 Å². The summed E-state index contributed by atoms with van der Waals surface area (Å²) in [5.41, 5.74) is 1.60. The summed E-state index contributed by atoms with van der Waals surface area (Å²) in [5.74, 6) is 0.893. The number of nitrogens with one attached hydrogen (secondary N) is 2. The lowest BCUT2D eigenvalue weighted by molar-refractivity contribution is 0.198. The fraction of sp³-hybridized carbons (Fsp3) is 0.480. The van der Waals surface area contributed by atoms with E-state index in [0.717, 1.165) is 38.1 Å². The van der Waals surface area contributed by atoms with Crippen molar-refractivity contribution in [3.8, 4) is 17.0 Å². The van der Waals surface area contributed by atoms with Crippen LogP contribution in [0, 0.1) is 5.82 Å². The number of aromatic nitrogens is 3. The van der Waals surface area contributed by atoms with Gasteiger partial charge in [0.2, 0.25) is 5.95 Å². The van der Waals surface area contributed by atoms with Gasteiger partial charge in [0.15, 0.2) is 17.4 Å². The van der Waals surface area contributed by atoms with E-state index < -0.39 is 5.82 Å². The summed E-state index contributed by atoms with van der Waals surface area (Å²) >= 11 is 0. The van der Waals surface area contributed by atoms with E-state index in [0.29, 0.717) is 34.6 Å². The highest BCUT2D eigenvalue weighted by Gasteiger charge is 2.22. The van der Waals surface area contributed by atoms with Gasteiger partial charge >= 0.3 is 0 Å². The summed E-state index contributed by atoms with van der Waals surface area (Å²) in [6.45, 7) is 3.85. The van der Waals surface area contributed by atoms with Crippen molar-refractivity contribution in [3.05, 3.63) is 36.3 Å².